The first-order chi connectivity index (χ1) is 6.45. The summed E-state index contributed by atoms with van der Waals surface area (Å²) < 4.78 is 35.1. The number of rotatable bonds is 6. The summed E-state index contributed by atoms with van der Waals surface area (Å²) in [4.78, 5) is 3.96. The van der Waals surface area contributed by atoms with E-state index < -0.39 is 12.6 Å². The fourth-order valence-corrected chi connectivity index (χ4v) is 0.995. The van der Waals surface area contributed by atoms with E-state index in [1.165, 1.54) is 0 Å². The van der Waals surface area contributed by atoms with Crippen LogP contribution in [0, 0.1) is 0 Å². The van der Waals surface area contributed by atoms with Crippen LogP contribution in [0.5, 0.6) is 0 Å². The molecule has 2 nitrogen and oxygen atoms in total. The number of unbranched alkanes of at least 4 members (excludes halogenated alkanes) is 1. The van der Waals surface area contributed by atoms with Gasteiger partial charge in [0.05, 0.1) is 5.84 Å². The fourth-order valence-electron chi connectivity index (χ4n) is 0.995. The molecule has 0 amide bonds. The van der Waals surface area contributed by atoms with Crippen LogP contribution in [0.1, 0.15) is 39.0 Å². The van der Waals surface area contributed by atoms with Crippen molar-refractivity contribution >= 4 is 5.84 Å². The van der Waals surface area contributed by atoms with Crippen LogP contribution in [0.3, 0.4) is 0 Å². The molecule has 0 heterocycles. The zero-order valence-corrected chi connectivity index (χ0v) is 8.40. The first-order valence-corrected chi connectivity index (χ1v) is 4.81. The van der Waals surface area contributed by atoms with Crippen LogP contribution in [0.15, 0.2) is 4.99 Å². The minimum atomic E-state index is -4.04. The predicted octanol–water partition coefficient (Wildman–Crippen LogP) is 2.88. The summed E-state index contributed by atoms with van der Waals surface area (Å²) in [5.74, 6) is 0.541. The van der Waals surface area contributed by atoms with Gasteiger partial charge in [-0.2, -0.15) is 13.2 Å². The Morgan fingerprint density at radius 3 is 2.43 bits per heavy atom. The number of aliphatic imine (C=N–C) groups is 1. The number of halogens is 3. The first-order valence-electron chi connectivity index (χ1n) is 4.81. The van der Waals surface area contributed by atoms with E-state index in [4.69, 9.17) is 5.73 Å². The summed E-state index contributed by atoms with van der Waals surface area (Å²) in [5, 5.41) is 0. The van der Waals surface area contributed by atoms with Crippen LogP contribution >= 0.6 is 0 Å². The van der Waals surface area contributed by atoms with Gasteiger partial charge in [0.1, 0.15) is 0 Å². The topological polar surface area (TPSA) is 38.4 Å². The van der Waals surface area contributed by atoms with E-state index in [1.807, 2.05) is 6.92 Å². The van der Waals surface area contributed by atoms with Crippen LogP contribution in [0.25, 0.3) is 0 Å². The third-order valence-electron chi connectivity index (χ3n) is 1.69. The van der Waals surface area contributed by atoms with Gasteiger partial charge in [-0.25, -0.2) is 0 Å². The highest BCUT2D eigenvalue weighted by Gasteiger charge is 2.25. The van der Waals surface area contributed by atoms with E-state index >= 15 is 0 Å². The molecule has 0 radical (unpaired) electrons. The van der Waals surface area contributed by atoms with Crippen molar-refractivity contribution in [2.45, 2.75) is 45.2 Å². The van der Waals surface area contributed by atoms with Crippen molar-refractivity contribution in [3.63, 3.8) is 0 Å². The van der Waals surface area contributed by atoms with Gasteiger partial charge in [0, 0.05) is 19.4 Å². The van der Waals surface area contributed by atoms with Crippen LogP contribution in [0.4, 0.5) is 13.2 Å². The minimum Gasteiger partial charge on any atom is -0.387 e. The van der Waals surface area contributed by atoms with Crippen molar-refractivity contribution in [2.24, 2.45) is 10.7 Å². The van der Waals surface area contributed by atoms with Crippen LogP contribution in [-0.2, 0) is 0 Å². The zero-order valence-electron chi connectivity index (χ0n) is 8.40. The van der Waals surface area contributed by atoms with Gasteiger partial charge >= 0.3 is 6.18 Å². The molecule has 2 N–H and O–H groups in total. The smallest absolute Gasteiger partial charge is 0.387 e. The van der Waals surface area contributed by atoms with Gasteiger partial charge in [-0.3, -0.25) is 4.99 Å². The second kappa shape index (κ2) is 6.68. The lowest BCUT2D eigenvalue weighted by atomic mass is 10.2. The van der Waals surface area contributed by atoms with Crippen molar-refractivity contribution in [2.75, 3.05) is 6.54 Å². The summed E-state index contributed by atoms with van der Waals surface area (Å²) in [6.07, 6.45) is -2.55. The molecule has 0 rings (SSSR count). The highest BCUT2D eigenvalue weighted by molar-refractivity contribution is 5.80. The molecule has 0 aliphatic heterocycles. The molecule has 0 aromatic heterocycles. The molecule has 0 fully saturated rings. The number of hydrogen-bond donors (Lipinski definition) is 1. The Bertz CT molecular complexity index is 175. The Labute approximate surface area is 82.4 Å². The van der Waals surface area contributed by atoms with Crippen LogP contribution < -0.4 is 5.73 Å². The highest BCUT2D eigenvalue weighted by Crippen LogP contribution is 2.21. The van der Waals surface area contributed by atoms with E-state index in [0.717, 1.165) is 12.8 Å². The molecule has 0 unspecified atom stereocenters. The normalized spacial score (nSPS) is 13.3. The maximum absolute atomic E-state index is 11.7. The van der Waals surface area contributed by atoms with Crippen molar-refractivity contribution < 1.29 is 13.2 Å². The summed E-state index contributed by atoms with van der Waals surface area (Å²) in [6, 6.07) is 0. The Morgan fingerprint density at radius 2 is 1.93 bits per heavy atom. The van der Waals surface area contributed by atoms with Gasteiger partial charge in [-0.15, -0.1) is 0 Å². The molecular formula is C9H17F3N2. The van der Waals surface area contributed by atoms with Crippen molar-refractivity contribution in [3.8, 4) is 0 Å². The first kappa shape index (κ1) is 13.3. The number of nitrogens with two attached hydrogens (primary N) is 1. The summed E-state index contributed by atoms with van der Waals surface area (Å²) in [7, 11) is 0. The maximum atomic E-state index is 11.7. The minimum absolute atomic E-state index is 0.131. The van der Waals surface area contributed by atoms with Crippen molar-refractivity contribution in [1.82, 2.24) is 0 Å². The van der Waals surface area contributed by atoms with E-state index in [0.29, 0.717) is 18.8 Å². The molecular weight excluding hydrogens is 193 g/mol. The third kappa shape index (κ3) is 9.35. The van der Waals surface area contributed by atoms with E-state index in [-0.39, 0.29) is 6.42 Å². The molecule has 5 heteroatoms. The molecule has 0 bridgehead atoms. The van der Waals surface area contributed by atoms with E-state index in [9.17, 15) is 13.2 Å². The standard InChI is InChI=1S/C9H17F3N2/c1-2-5-8(13)14-7-4-3-6-9(10,11)12/h2-7H2,1H3,(H2,13,14). The van der Waals surface area contributed by atoms with E-state index in [1.54, 1.807) is 0 Å². The number of alkyl halides is 3. The lowest BCUT2D eigenvalue weighted by Gasteiger charge is -2.04. The average molecular weight is 210 g/mol. The quantitative estimate of drug-likeness (QED) is 0.408. The van der Waals surface area contributed by atoms with Crippen molar-refractivity contribution in [1.29, 1.82) is 0 Å². The summed E-state index contributed by atoms with van der Waals surface area (Å²) >= 11 is 0. The SMILES string of the molecule is CCCC(N)=NCCCCC(F)(F)F. The Morgan fingerprint density at radius 1 is 1.29 bits per heavy atom. The average Bonchev–Trinajstić information content (AvgIpc) is 2.02. The van der Waals surface area contributed by atoms with Crippen molar-refractivity contribution in [3.05, 3.63) is 0 Å². The van der Waals surface area contributed by atoms with Gasteiger partial charge in [-0.1, -0.05) is 6.92 Å². The Balaban J connectivity index is 3.42. The van der Waals surface area contributed by atoms with Gasteiger partial charge in [0.25, 0.3) is 0 Å². The van der Waals surface area contributed by atoms with Gasteiger partial charge in [0.15, 0.2) is 0 Å². The molecule has 0 saturated heterocycles. The molecule has 0 aromatic carbocycles. The molecule has 14 heavy (non-hydrogen) atoms. The van der Waals surface area contributed by atoms with Gasteiger partial charge in [-0.05, 0) is 19.3 Å². The second-order valence-corrected chi connectivity index (χ2v) is 3.20. The van der Waals surface area contributed by atoms with E-state index in [2.05, 4.69) is 4.99 Å². The summed E-state index contributed by atoms with van der Waals surface area (Å²) in [6.45, 7) is 2.38. The number of amidine groups is 1. The molecule has 0 aliphatic rings. The number of nitrogens with zero attached hydrogens (tertiary/aromatic N) is 1. The lowest BCUT2D eigenvalue weighted by molar-refractivity contribution is -0.135. The summed E-state index contributed by atoms with van der Waals surface area (Å²) in [5.41, 5.74) is 5.48. The Kier molecular flexibility index (Phi) is 6.32. The predicted molar refractivity (Wildman–Crippen MR) is 51.3 cm³/mol. The molecule has 0 aromatic rings. The monoisotopic (exact) mass is 210 g/mol. The Hall–Kier alpha value is -0.740. The lowest BCUT2D eigenvalue weighted by Crippen LogP contribution is -2.12. The van der Waals surface area contributed by atoms with Gasteiger partial charge in [0.2, 0.25) is 0 Å². The third-order valence-corrected chi connectivity index (χ3v) is 1.69. The molecule has 0 spiro atoms. The second-order valence-electron chi connectivity index (χ2n) is 3.20. The highest BCUT2D eigenvalue weighted by atomic mass is 19.4. The molecule has 0 aliphatic carbocycles. The van der Waals surface area contributed by atoms with Gasteiger partial charge < -0.3 is 5.73 Å². The zero-order chi connectivity index (χ0) is 11.0. The molecule has 0 saturated carbocycles. The molecule has 84 valence electrons. The van der Waals surface area contributed by atoms with Crippen LogP contribution in [0.2, 0.25) is 0 Å². The van der Waals surface area contributed by atoms with Crippen LogP contribution in [-0.4, -0.2) is 18.6 Å². The maximum Gasteiger partial charge on any atom is 0.389 e. The fraction of sp³-hybridized carbons (Fsp3) is 0.889. The number of hydrogen-bond acceptors (Lipinski definition) is 1. The largest absolute Gasteiger partial charge is 0.389 e. The molecule has 0 atom stereocenters.